The van der Waals surface area contributed by atoms with E-state index in [2.05, 4.69) is 27.4 Å². The fourth-order valence-corrected chi connectivity index (χ4v) is 4.11. The van der Waals surface area contributed by atoms with E-state index in [4.69, 9.17) is 10.2 Å². The van der Waals surface area contributed by atoms with E-state index in [1.165, 1.54) is 12.1 Å². The Bertz CT molecular complexity index is 1580. The lowest BCUT2D eigenvalue weighted by Crippen LogP contribution is -2.35. The van der Waals surface area contributed by atoms with Crippen molar-refractivity contribution < 1.29 is 13.6 Å². The van der Waals surface area contributed by atoms with Crippen molar-refractivity contribution in [1.29, 1.82) is 5.26 Å². The van der Waals surface area contributed by atoms with Gasteiger partial charge in [0, 0.05) is 16.7 Å². The SMILES string of the molecule is CC#C[C@@H](C)NC(=O)c1cc(-c2nnc([C@@](C)(N)Cc3ccccc3)o2)cc(-c2cccc(F)c2C#N)c1. The molecule has 0 aliphatic carbocycles. The molecule has 4 rings (SSSR count). The van der Waals surface area contributed by atoms with Gasteiger partial charge in [0.05, 0.1) is 17.1 Å². The first-order valence-electron chi connectivity index (χ1n) is 12.0. The summed E-state index contributed by atoms with van der Waals surface area (Å²) < 4.78 is 20.4. The fraction of sp³-hybridized carbons (Fsp3) is 0.200. The molecular weight excluding hydrogens is 481 g/mol. The van der Waals surface area contributed by atoms with Crippen molar-refractivity contribution in [2.45, 2.75) is 38.8 Å². The molecule has 2 atom stereocenters. The molecule has 0 aliphatic heterocycles. The van der Waals surface area contributed by atoms with Crippen LogP contribution in [0.2, 0.25) is 0 Å². The minimum Gasteiger partial charge on any atom is -0.419 e. The van der Waals surface area contributed by atoms with E-state index in [-0.39, 0.29) is 22.9 Å². The highest BCUT2D eigenvalue weighted by atomic mass is 19.1. The molecule has 0 saturated carbocycles. The number of nitrogens with zero attached hydrogens (tertiary/aromatic N) is 3. The van der Waals surface area contributed by atoms with E-state index >= 15 is 0 Å². The van der Waals surface area contributed by atoms with Gasteiger partial charge in [-0.2, -0.15) is 5.26 Å². The number of nitrogens with one attached hydrogen (secondary N) is 1. The van der Waals surface area contributed by atoms with Crippen molar-refractivity contribution in [2.24, 2.45) is 5.73 Å². The lowest BCUT2D eigenvalue weighted by molar-refractivity contribution is 0.0948. The maximum Gasteiger partial charge on any atom is 0.252 e. The van der Waals surface area contributed by atoms with Crippen molar-refractivity contribution in [3.05, 3.63) is 95.1 Å². The predicted molar refractivity (Wildman–Crippen MR) is 142 cm³/mol. The summed E-state index contributed by atoms with van der Waals surface area (Å²) in [5.74, 6) is 4.95. The lowest BCUT2D eigenvalue weighted by atomic mass is 9.94. The van der Waals surface area contributed by atoms with Gasteiger partial charge in [-0.05, 0) is 62.6 Å². The van der Waals surface area contributed by atoms with Gasteiger partial charge in [0.1, 0.15) is 11.9 Å². The van der Waals surface area contributed by atoms with Gasteiger partial charge in [-0.25, -0.2) is 4.39 Å². The molecule has 1 aromatic heterocycles. The number of hydrogen-bond acceptors (Lipinski definition) is 6. The van der Waals surface area contributed by atoms with Gasteiger partial charge < -0.3 is 15.5 Å². The van der Waals surface area contributed by atoms with Crippen LogP contribution >= 0.6 is 0 Å². The highest BCUT2D eigenvalue weighted by Crippen LogP contribution is 2.32. The minimum absolute atomic E-state index is 0.134. The van der Waals surface area contributed by atoms with Gasteiger partial charge in [0.2, 0.25) is 11.8 Å². The van der Waals surface area contributed by atoms with Crippen molar-refractivity contribution in [2.75, 3.05) is 0 Å². The van der Waals surface area contributed by atoms with E-state index in [1.54, 1.807) is 45.0 Å². The number of rotatable bonds is 7. The molecule has 3 N–H and O–H groups in total. The van der Waals surface area contributed by atoms with E-state index < -0.39 is 23.3 Å². The predicted octanol–water partition coefficient (Wildman–Crippen LogP) is 4.97. The monoisotopic (exact) mass is 507 g/mol. The molecule has 3 aromatic carbocycles. The Morgan fingerprint density at radius 1 is 1.13 bits per heavy atom. The zero-order valence-corrected chi connectivity index (χ0v) is 21.2. The third-order valence-corrected chi connectivity index (χ3v) is 5.91. The summed E-state index contributed by atoms with van der Waals surface area (Å²) in [6.45, 7) is 5.25. The molecule has 1 amide bonds. The Hall–Kier alpha value is -4.79. The number of aromatic nitrogens is 2. The van der Waals surface area contributed by atoms with Gasteiger partial charge in [-0.3, -0.25) is 4.79 Å². The molecule has 190 valence electrons. The summed E-state index contributed by atoms with van der Waals surface area (Å²) in [4.78, 5) is 13.1. The fourth-order valence-electron chi connectivity index (χ4n) is 4.11. The highest BCUT2D eigenvalue weighted by Gasteiger charge is 2.29. The van der Waals surface area contributed by atoms with Gasteiger partial charge in [0.15, 0.2) is 0 Å². The maximum absolute atomic E-state index is 14.4. The number of nitriles is 1. The molecule has 0 unspecified atom stereocenters. The first-order valence-corrected chi connectivity index (χ1v) is 12.0. The number of nitrogens with two attached hydrogens (primary N) is 1. The smallest absolute Gasteiger partial charge is 0.252 e. The second kappa shape index (κ2) is 11.1. The first-order chi connectivity index (χ1) is 18.2. The third-order valence-electron chi connectivity index (χ3n) is 5.91. The molecule has 0 bridgehead atoms. The van der Waals surface area contributed by atoms with E-state index in [1.807, 2.05) is 36.4 Å². The number of benzene rings is 3. The number of carbonyl (C=O) groups is 1. The van der Waals surface area contributed by atoms with E-state index in [0.717, 1.165) is 5.56 Å². The minimum atomic E-state index is -0.949. The van der Waals surface area contributed by atoms with Crippen LogP contribution in [0.25, 0.3) is 22.6 Å². The van der Waals surface area contributed by atoms with Crippen LogP contribution in [0.4, 0.5) is 4.39 Å². The average molecular weight is 508 g/mol. The summed E-state index contributed by atoms with van der Waals surface area (Å²) in [5.41, 5.74) is 7.93. The second-order valence-electron chi connectivity index (χ2n) is 9.15. The van der Waals surface area contributed by atoms with Gasteiger partial charge >= 0.3 is 0 Å². The van der Waals surface area contributed by atoms with Crippen LogP contribution in [0.5, 0.6) is 0 Å². The van der Waals surface area contributed by atoms with Crippen LogP contribution in [0.15, 0.2) is 71.1 Å². The Kier molecular flexibility index (Phi) is 7.66. The first kappa shape index (κ1) is 26.3. The van der Waals surface area contributed by atoms with Crippen molar-refractivity contribution in [3.8, 4) is 40.5 Å². The van der Waals surface area contributed by atoms with E-state index in [0.29, 0.717) is 23.1 Å². The molecular formula is C30H26FN5O2. The van der Waals surface area contributed by atoms with Crippen molar-refractivity contribution in [1.82, 2.24) is 15.5 Å². The molecule has 0 aliphatic rings. The Morgan fingerprint density at radius 2 is 1.87 bits per heavy atom. The molecule has 1 heterocycles. The number of amides is 1. The van der Waals surface area contributed by atoms with Crippen LogP contribution in [-0.2, 0) is 12.0 Å². The normalized spacial score (nSPS) is 12.9. The van der Waals surface area contributed by atoms with Gasteiger partial charge in [0.25, 0.3) is 5.91 Å². The Morgan fingerprint density at radius 3 is 2.58 bits per heavy atom. The van der Waals surface area contributed by atoms with Crippen LogP contribution in [0.1, 0.15) is 48.1 Å². The zero-order chi connectivity index (χ0) is 27.3. The van der Waals surface area contributed by atoms with Crippen LogP contribution < -0.4 is 11.1 Å². The molecule has 0 fully saturated rings. The quantitative estimate of drug-likeness (QED) is 0.341. The molecule has 0 saturated heterocycles. The van der Waals surface area contributed by atoms with Crippen molar-refractivity contribution in [3.63, 3.8) is 0 Å². The molecule has 0 spiro atoms. The van der Waals surface area contributed by atoms with Crippen LogP contribution in [0, 0.1) is 29.0 Å². The standard InChI is InChI=1S/C30H26FN5O2/c1-4-9-19(2)34-27(37)22-14-21(24-12-8-13-26(31)25(24)18-32)15-23(16-22)28-35-36-29(38-28)30(3,33)17-20-10-6-5-7-11-20/h5-8,10-16,19H,17,33H2,1-3H3,(H,34,37)/t19-,30+/m1/s1. The summed E-state index contributed by atoms with van der Waals surface area (Å²) in [7, 11) is 0. The maximum atomic E-state index is 14.4. The second-order valence-corrected chi connectivity index (χ2v) is 9.15. The number of halogens is 1. The summed E-state index contributed by atoms with van der Waals surface area (Å²) >= 11 is 0. The van der Waals surface area contributed by atoms with Gasteiger partial charge in [-0.15, -0.1) is 16.1 Å². The molecule has 38 heavy (non-hydrogen) atoms. The Labute approximate surface area is 220 Å². The summed E-state index contributed by atoms with van der Waals surface area (Å²) in [6.07, 6.45) is 0.467. The topological polar surface area (TPSA) is 118 Å². The average Bonchev–Trinajstić information content (AvgIpc) is 3.40. The molecule has 0 radical (unpaired) electrons. The highest BCUT2D eigenvalue weighted by molar-refractivity contribution is 5.97. The van der Waals surface area contributed by atoms with Crippen molar-refractivity contribution >= 4 is 5.91 Å². The largest absolute Gasteiger partial charge is 0.419 e. The van der Waals surface area contributed by atoms with Gasteiger partial charge in [-0.1, -0.05) is 48.4 Å². The van der Waals surface area contributed by atoms with Crippen LogP contribution in [-0.4, -0.2) is 22.1 Å². The molecule has 7 nitrogen and oxygen atoms in total. The number of carbonyl (C=O) groups excluding carboxylic acids is 1. The summed E-state index contributed by atoms with van der Waals surface area (Å²) in [6, 6.07) is 20.4. The Balaban J connectivity index is 1.78. The number of hydrogen-bond donors (Lipinski definition) is 2. The zero-order valence-electron chi connectivity index (χ0n) is 21.2. The molecule has 8 heteroatoms. The lowest BCUT2D eigenvalue weighted by Gasteiger charge is -2.20. The van der Waals surface area contributed by atoms with E-state index in [9.17, 15) is 14.4 Å². The third kappa shape index (κ3) is 5.78. The van der Waals surface area contributed by atoms with Crippen LogP contribution in [0.3, 0.4) is 0 Å². The molecule has 4 aromatic rings. The summed E-state index contributed by atoms with van der Waals surface area (Å²) in [5, 5.41) is 20.8.